The van der Waals surface area contributed by atoms with Crippen LogP contribution in [0.2, 0.25) is 0 Å². The van der Waals surface area contributed by atoms with Crippen molar-refractivity contribution in [2.75, 3.05) is 6.54 Å². The molecule has 0 spiro atoms. The van der Waals surface area contributed by atoms with Crippen molar-refractivity contribution in [1.29, 1.82) is 0 Å². The van der Waals surface area contributed by atoms with Gasteiger partial charge in [-0.1, -0.05) is 0 Å². The first-order valence-electron chi connectivity index (χ1n) is 4.63. The summed E-state index contributed by atoms with van der Waals surface area (Å²) < 4.78 is 26.4. The molecule has 0 aliphatic heterocycles. The van der Waals surface area contributed by atoms with Crippen molar-refractivity contribution in [3.05, 3.63) is 27.7 Å². The average Bonchev–Trinajstić information content (AvgIpc) is 2.20. The standard InChI is InChI=1S/C10H12BrF2NO/c11-7-5-8(12)9(13)6(10(7)15)3-1-2-4-14/h5,15H,1-4,14H2. The quantitative estimate of drug-likeness (QED) is 0.658. The van der Waals surface area contributed by atoms with Crippen molar-refractivity contribution in [2.45, 2.75) is 19.3 Å². The van der Waals surface area contributed by atoms with E-state index in [0.717, 1.165) is 6.07 Å². The van der Waals surface area contributed by atoms with E-state index in [9.17, 15) is 13.9 Å². The second kappa shape index (κ2) is 5.42. The van der Waals surface area contributed by atoms with Gasteiger partial charge in [0.25, 0.3) is 0 Å². The Morgan fingerprint density at radius 3 is 2.60 bits per heavy atom. The van der Waals surface area contributed by atoms with E-state index in [1.165, 1.54) is 0 Å². The molecule has 0 aliphatic rings. The lowest BCUT2D eigenvalue weighted by Gasteiger charge is -2.08. The third kappa shape index (κ3) is 2.89. The molecule has 0 heterocycles. The summed E-state index contributed by atoms with van der Waals surface area (Å²) >= 11 is 2.96. The highest BCUT2D eigenvalue weighted by molar-refractivity contribution is 9.10. The third-order valence-electron chi connectivity index (χ3n) is 2.12. The van der Waals surface area contributed by atoms with Gasteiger partial charge in [-0.05, 0) is 47.8 Å². The van der Waals surface area contributed by atoms with E-state index in [2.05, 4.69) is 15.9 Å². The molecule has 0 aliphatic carbocycles. The normalized spacial score (nSPS) is 10.7. The van der Waals surface area contributed by atoms with Gasteiger partial charge in [0.05, 0.1) is 4.47 Å². The molecule has 0 fully saturated rings. The zero-order valence-electron chi connectivity index (χ0n) is 8.06. The predicted molar refractivity (Wildman–Crippen MR) is 57.7 cm³/mol. The largest absolute Gasteiger partial charge is 0.506 e. The number of aromatic hydroxyl groups is 1. The molecule has 0 saturated carbocycles. The van der Waals surface area contributed by atoms with Crippen LogP contribution >= 0.6 is 15.9 Å². The first-order valence-corrected chi connectivity index (χ1v) is 5.42. The summed E-state index contributed by atoms with van der Waals surface area (Å²) in [6.07, 6.45) is 1.62. The van der Waals surface area contributed by atoms with Crippen LogP contribution in [0, 0.1) is 11.6 Å². The van der Waals surface area contributed by atoms with Crippen molar-refractivity contribution in [3.8, 4) is 5.75 Å². The molecular formula is C10H12BrF2NO. The number of benzene rings is 1. The molecule has 3 N–H and O–H groups in total. The molecule has 0 radical (unpaired) electrons. The molecule has 1 aromatic rings. The lowest BCUT2D eigenvalue weighted by molar-refractivity contribution is 0.436. The maximum Gasteiger partial charge on any atom is 0.165 e. The summed E-state index contributed by atoms with van der Waals surface area (Å²) in [6.45, 7) is 0.499. The number of nitrogens with two attached hydrogens (primary N) is 1. The van der Waals surface area contributed by atoms with Gasteiger partial charge in [0.15, 0.2) is 11.6 Å². The molecule has 15 heavy (non-hydrogen) atoms. The Hall–Kier alpha value is -0.680. The smallest absolute Gasteiger partial charge is 0.165 e. The van der Waals surface area contributed by atoms with E-state index >= 15 is 0 Å². The van der Waals surface area contributed by atoms with E-state index in [-0.39, 0.29) is 22.2 Å². The van der Waals surface area contributed by atoms with Crippen LogP contribution in [0.5, 0.6) is 5.75 Å². The zero-order chi connectivity index (χ0) is 11.4. The van der Waals surface area contributed by atoms with E-state index in [1.807, 2.05) is 0 Å². The van der Waals surface area contributed by atoms with Gasteiger partial charge in [0, 0.05) is 5.56 Å². The fourth-order valence-corrected chi connectivity index (χ4v) is 1.75. The van der Waals surface area contributed by atoms with Gasteiger partial charge in [-0.15, -0.1) is 0 Å². The lowest BCUT2D eigenvalue weighted by atomic mass is 10.1. The third-order valence-corrected chi connectivity index (χ3v) is 2.73. The van der Waals surface area contributed by atoms with Crippen LogP contribution in [0.3, 0.4) is 0 Å². The second-order valence-electron chi connectivity index (χ2n) is 3.23. The fourth-order valence-electron chi connectivity index (χ4n) is 1.31. The minimum atomic E-state index is -0.979. The van der Waals surface area contributed by atoms with Crippen LogP contribution in [-0.4, -0.2) is 11.7 Å². The topological polar surface area (TPSA) is 46.2 Å². The molecule has 0 bridgehead atoms. The van der Waals surface area contributed by atoms with E-state index in [0.29, 0.717) is 19.4 Å². The number of hydrogen-bond acceptors (Lipinski definition) is 2. The minimum Gasteiger partial charge on any atom is -0.506 e. The zero-order valence-corrected chi connectivity index (χ0v) is 9.65. The Bertz CT molecular complexity index is 332. The van der Waals surface area contributed by atoms with Gasteiger partial charge >= 0.3 is 0 Å². The fraction of sp³-hybridized carbons (Fsp3) is 0.400. The number of halogens is 3. The number of phenols is 1. The highest BCUT2D eigenvalue weighted by Gasteiger charge is 2.16. The van der Waals surface area contributed by atoms with Crippen LogP contribution in [0.4, 0.5) is 8.78 Å². The molecule has 0 atom stereocenters. The summed E-state index contributed by atoms with van der Waals surface area (Å²) in [5.41, 5.74) is 5.30. The number of hydrogen-bond donors (Lipinski definition) is 2. The number of phenolic OH excluding ortho intramolecular Hbond substituents is 1. The van der Waals surface area contributed by atoms with Crippen LogP contribution in [0.15, 0.2) is 10.5 Å². The van der Waals surface area contributed by atoms with Gasteiger partial charge in [0.1, 0.15) is 5.75 Å². The monoisotopic (exact) mass is 279 g/mol. The van der Waals surface area contributed by atoms with Gasteiger partial charge in [-0.3, -0.25) is 0 Å². The van der Waals surface area contributed by atoms with Crippen molar-refractivity contribution in [1.82, 2.24) is 0 Å². The van der Waals surface area contributed by atoms with Gasteiger partial charge in [-0.25, -0.2) is 8.78 Å². The second-order valence-corrected chi connectivity index (χ2v) is 4.08. The molecule has 0 aromatic heterocycles. The summed E-state index contributed by atoms with van der Waals surface area (Å²) in [5.74, 6) is -2.17. The van der Waals surface area contributed by atoms with Crippen molar-refractivity contribution >= 4 is 15.9 Å². The van der Waals surface area contributed by atoms with Gasteiger partial charge < -0.3 is 10.8 Å². The summed E-state index contributed by atoms with van der Waals surface area (Å²) in [4.78, 5) is 0. The van der Waals surface area contributed by atoms with Crippen LogP contribution in [0.1, 0.15) is 18.4 Å². The molecule has 0 amide bonds. The first-order chi connectivity index (χ1) is 7.07. The minimum absolute atomic E-state index is 0.00956. The molecule has 5 heteroatoms. The molecule has 0 unspecified atom stereocenters. The van der Waals surface area contributed by atoms with Crippen LogP contribution < -0.4 is 5.73 Å². The average molecular weight is 280 g/mol. The van der Waals surface area contributed by atoms with E-state index in [4.69, 9.17) is 5.73 Å². The Morgan fingerprint density at radius 2 is 2.00 bits per heavy atom. The Balaban J connectivity index is 2.94. The Kier molecular flexibility index (Phi) is 4.47. The SMILES string of the molecule is NCCCCc1c(O)c(Br)cc(F)c1F. The van der Waals surface area contributed by atoms with Crippen molar-refractivity contribution < 1.29 is 13.9 Å². The Morgan fingerprint density at radius 1 is 1.33 bits per heavy atom. The number of unbranched alkanes of at least 4 members (excludes halogenated alkanes) is 1. The van der Waals surface area contributed by atoms with Crippen LogP contribution in [0.25, 0.3) is 0 Å². The molecular weight excluding hydrogens is 268 g/mol. The summed E-state index contributed by atoms with van der Waals surface area (Å²) in [5, 5.41) is 9.52. The first kappa shape index (κ1) is 12.4. The lowest BCUT2D eigenvalue weighted by Crippen LogP contribution is -2.01. The molecule has 1 aromatic carbocycles. The highest BCUT2D eigenvalue weighted by Crippen LogP contribution is 2.32. The maximum absolute atomic E-state index is 13.3. The number of rotatable bonds is 4. The van der Waals surface area contributed by atoms with Gasteiger partial charge in [0.2, 0.25) is 0 Å². The van der Waals surface area contributed by atoms with Crippen LogP contribution in [-0.2, 0) is 6.42 Å². The maximum atomic E-state index is 13.3. The molecule has 1 rings (SSSR count). The summed E-state index contributed by atoms with van der Waals surface area (Å²) in [7, 11) is 0. The van der Waals surface area contributed by atoms with Gasteiger partial charge in [-0.2, -0.15) is 0 Å². The Labute approximate surface area is 95.2 Å². The highest BCUT2D eigenvalue weighted by atomic mass is 79.9. The summed E-state index contributed by atoms with van der Waals surface area (Å²) in [6, 6.07) is 0.914. The molecule has 84 valence electrons. The van der Waals surface area contributed by atoms with E-state index in [1.54, 1.807) is 0 Å². The van der Waals surface area contributed by atoms with Crippen molar-refractivity contribution in [3.63, 3.8) is 0 Å². The molecule has 2 nitrogen and oxygen atoms in total. The van der Waals surface area contributed by atoms with E-state index < -0.39 is 11.6 Å². The van der Waals surface area contributed by atoms with Crippen molar-refractivity contribution in [2.24, 2.45) is 5.73 Å². The molecule has 0 saturated heterocycles. The predicted octanol–water partition coefficient (Wildman–Crippen LogP) is 2.71.